The lowest BCUT2D eigenvalue weighted by molar-refractivity contribution is -0.122. The first-order chi connectivity index (χ1) is 14.5. The molecule has 30 heavy (non-hydrogen) atoms. The number of benzene rings is 2. The topological polar surface area (TPSA) is 109 Å². The van der Waals surface area contributed by atoms with Gasteiger partial charge in [-0.15, -0.1) is 0 Å². The maximum Gasteiger partial charge on any atom is 0.265 e. The number of carbonyl (C=O) groups is 2. The fraction of sp³-hybridized carbons (Fsp3) is 0.182. The molecular formula is C22H21N5O3. The Labute approximate surface area is 174 Å². The van der Waals surface area contributed by atoms with Crippen LogP contribution in [0.4, 0.5) is 11.4 Å². The number of carbonyl (C=O) groups excluding carboxylic acids is 2. The second-order valence-electron chi connectivity index (χ2n) is 6.62. The Kier molecular flexibility index (Phi) is 6.45. The Balaban J connectivity index is 1.59. The first-order valence-corrected chi connectivity index (χ1v) is 9.34. The van der Waals surface area contributed by atoms with Crippen molar-refractivity contribution in [1.82, 2.24) is 9.78 Å². The van der Waals surface area contributed by atoms with Crippen LogP contribution in [0, 0.1) is 11.3 Å². The second kappa shape index (κ2) is 9.39. The van der Waals surface area contributed by atoms with Crippen LogP contribution in [-0.2, 0) is 9.59 Å². The lowest BCUT2D eigenvalue weighted by Crippen LogP contribution is -2.30. The summed E-state index contributed by atoms with van der Waals surface area (Å²) in [4.78, 5) is 24.9. The van der Waals surface area contributed by atoms with Crippen molar-refractivity contribution >= 4 is 23.2 Å². The van der Waals surface area contributed by atoms with Crippen LogP contribution in [0.3, 0.4) is 0 Å². The fourth-order valence-electron chi connectivity index (χ4n) is 2.66. The molecule has 2 amide bonds. The van der Waals surface area contributed by atoms with E-state index in [1.807, 2.05) is 6.07 Å². The molecule has 0 aliphatic rings. The van der Waals surface area contributed by atoms with Crippen LogP contribution in [0.5, 0.6) is 5.75 Å². The van der Waals surface area contributed by atoms with Crippen LogP contribution in [0.1, 0.15) is 25.5 Å². The van der Waals surface area contributed by atoms with Crippen LogP contribution in [-0.4, -0.2) is 27.7 Å². The highest BCUT2D eigenvalue weighted by atomic mass is 16.5. The Morgan fingerprint density at radius 2 is 1.70 bits per heavy atom. The highest BCUT2D eigenvalue weighted by molar-refractivity contribution is 5.96. The van der Waals surface area contributed by atoms with Crippen molar-refractivity contribution in [2.75, 3.05) is 10.6 Å². The summed E-state index contributed by atoms with van der Waals surface area (Å²) in [5.74, 6) is -0.0716. The minimum Gasteiger partial charge on any atom is -0.481 e. The van der Waals surface area contributed by atoms with Gasteiger partial charge in [0.2, 0.25) is 5.91 Å². The van der Waals surface area contributed by atoms with E-state index in [9.17, 15) is 9.59 Å². The van der Waals surface area contributed by atoms with Gasteiger partial charge in [-0.05, 0) is 62.4 Å². The number of nitriles is 1. The summed E-state index contributed by atoms with van der Waals surface area (Å²) in [6.07, 6.45) is 2.58. The number of hydrogen-bond donors (Lipinski definition) is 2. The lowest BCUT2D eigenvalue weighted by atomic mass is 10.2. The summed E-state index contributed by atoms with van der Waals surface area (Å²) >= 11 is 0. The van der Waals surface area contributed by atoms with Gasteiger partial charge in [-0.25, -0.2) is 0 Å². The molecule has 0 saturated heterocycles. The maximum absolute atomic E-state index is 12.4. The van der Waals surface area contributed by atoms with Crippen LogP contribution in [0.2, 0.25) is 0 Å². The molecule has 0 bridgehead atoms. The van der Waals surface area contributed by atoms with E-state index < -0.39 is 12.1 Å². The number of ether oxygens (including phenoxy) is 1. The lowest BCUT2D eigenvalue weighted by Gasteiger charge is -2.16. The van der Waals surface area contributed by atoms with Gasteiger partial charge in [-0.1, -0.05) is 6.07 Å². The fourth-order valence-corrected chi connectivity index (χ4v) is 2.66. The summed E-state index contributed by atoms with van der Waals surface area (Å²) in [5, 5.41) is 18.5. The van der Waals surface area contributed by atoms with E-state index >= 15 is 0 Å². The van der Waals surface area contributed by atoms with Gasteiger partial charge in [-0.2, -0.15) is 10.4 Å². The third-order valence-electron chi connectivity index (χ3n) is 4.36. The van der Waals surface area contributed by atoms with Gasteiger partial charge in [0.15, 0.2) is 6.10 Å². The smallest absolute Gasteiger partial charge is 0.265 e. The number of rotatable bonds is 7. The molecule has 0 aliphatic carbocycles. The molecule has 3 aromatic rings. The molecule has 2 atom stereocenters. The van der Waals surface area contributed by atoms with Crippen molar-refractivity contribution in [3.8, 4) is 11.8 Å². The average molecular weight is 403 g/mol. The van der Waals surface area contributed by atoms with Crippen molar-refractivity contribution < 1.29 is 14.3 Å². The molecule has 1 heterocycles. The zero-order chi connectivity index (χ0) is 21.5. The number of hydrogen-bond acceptors (Lipinski definition) is 5. The van der Waals surface area contributed by atoms with Gasteiger partial charge < -0.3 is 15.4 Å². The summed E-state index contributed by atoms with van der Waals surface area (Å²) in [5.41, 5.74) is 1.59. The van der Waals surface area contributed by atoms with E-state index in [4.69, 9.17) is 10.00 Å². The quantitative estimate of drug-likeness (QED) is 0.629. The molecule has 3 rings (SSSR count). The van der Waals surface area contributed by atoms with Gasteiger partial charge in [0, 0.05) is 23.8 Å². The van der Waals surface area contributed by atoms with Crippen LogP contribution in [0.25, 0.3) is 0 Å². The Morgan fingerprint density at radius 1 is 1.03 bits per heavy atom. The molecule has 1 aromatic heterocycles. The summed E-state index contributed by atoms with van der Waals surface area (Å²) < 4.78 is 7.17. The minimum absolute atomic E-state index is 0.223. The number of aromatic nitrogens is 2. The summed E-state index contributed by atoms with van der Waals surface area (Å²) in [6, 6.07) is 16.7. The van der Waals surface area contributed by atoms with Crippen molar-refractivity contribution in [2.45, 2.75) is 26.0 Å². The first-order valence-electron chi connectivity index (χ1n) is 9.34. The van der Waals surface area contributed by atoms with Crippen molar-refractivity contribution in [1.29, 1.82) is 5.26 Å². The number of nitrogens with zero attached hydrogens (tertiary/aromatic N) is 3. The van der Waals surface area contributed by atoms with E-state index in [0.29, 0.717) is 22.7 Å². The molecule has 0 saturated carbocycles. The predicted octanol–water partition coefficient (Wildman–Crippen LogP) is 3.36. The highest BCUT2D eigenvalue weighted by Crippen LogP contribution is 2.18. The highest BCUT2D eigenvalue weighted by Gasteiger charge is 2.17. The minimum atomic E-state index is -0.754. The van der Waals surface area contributed by atoms with Crippen molar-refractivity contribution in [3.63, 3.8) is 0 Å². The second-order valence-corrected chi connectivity index (χ2v) is 6.62. The van der Waals surface area contributed by atoms with Gasteiger partial charge in [0.1, 0.15) is 11.8 Å². The molecule has 0 spiro atoms. The Hall–Kier alpha value is -4.12. The summed E-state index contributed by atoms with van der Waals surface area (Å²) in [7, 11) is 0. The average Bonchev–Trinajstić information content (AvgIpc) is 3.28. The zero-order valence-corrected chi connectivity index (χ0v) is 16.6. The SMILES string of the molecule is CC(Oc1ccc(C#N)cc1)C(=O)Nc1cccc(NC(=O)C(C)n2cccn2)c1. The van der Waals surface area contributed by atoms with Gasteiger partial charge in [-0.3, -0.25) is 14.3 Å². The van der Waals surface area contributed by atoms with Crippen molar-refractivity contribution in [2.24, 2.45) is 0 Å². The molecule has 2 unspecified atom stereocenters. The Morgan fingerprint density at radius 3 is 2.30 bits per heavy atom. The number of nitrogens with one attached hydrogen (secondary N) is 2. The standard InChI is InChI=1S/C22H21N5O3/c1-15(27-12-4-11-24-27)21(28)25-18-5-3-6-19(13-18)26-22(29)16(2)30-20-9-7-17(14-23)8-10-20/h3-13,15-16H,1-2H3,(H,25,28)(H,26,29). The third kappa shape index (κ3) is 5.23. The molecule has 152 valence electrons. The number of amides is 2. The molecular weight excluding hydrogens is 382 g/mol. The van der Waals surface area contributed by atoms with Crippen LogP contribution >= 0.6 is 0 Å². The zero-order valence-electron chi connectivity index (χ0n) is 16.6. The van der Waals surface area contributed by atoms with Gasteiger partial charge in [0.05, 0.1) is 11.6 Å². The molecule has 0 radical (unpaired) electrons. The molecule has 2 N–H and O–H groups in total. The van der Waals surface area contributed by atoms with Crippen LogP contribution < -0.4 is 15.4 Å². The molecule has 8 heteroatoms. The largest absolute Gasteiger partial charge is 0.481 e. The van der Waals surface area contributed by atoms with E-state index in [0.717, 1.165) is 0 Å². The van der Waals surface area contributed by atoms with Gasteiger partial charge in [0.25, 0.3) is 5.91 Å². The molecule has 0 fully saturated rings. The molecule has 0 aliphatic heterocycles. The normalized spacial score (nSPS) is 12.3. The third-order valence-corrected chi connectivity index (χ3v) is 4.36. The maximum atomic E-state index is 12.4. The first kappa shape index (κ1) is 20.6. The van der Waals surface area contributed by atoms with Crippen LogP contribution in [0.15, 0.2) is 67.0 Å². The van der Waals surface area contributed by atoms with E-state index in [2.05, 4.69) is 15.7 Å². The van der Waals surface area contributed by atoms with Gasteiger partial charge >= 0.3 is 0 Å². The molecule has 8 nitrogen and oxygen atoms in total. The Bertz CT molecular complexity index is 1060. The molecule has 2 aromatic carbocycles. The van der Waals surface area contributed by atoms with E-state index in [1.54, 1.807) is 85.5 Å². The predicted molar refractivity (Wildman–Crippen MR) is 112 cm³/mol. The monoisotopic (exact) mass is 403 g/mol. The van der Waals surface area contributed by atoms with E-state index in [1.165, 1.54) is 0 Å². The van der Waals surface area contributed by atoms with E-state index in [-0.39, 0.29) is 11.8 Å². The van der Waals surface area contributed by atoms with Crippen molar-refractivity contribution in [3.05, 3.63) is 72.6 Å². The summed E-state index contributed by atoms with van der Waals surface area (Å²) in [6.45, 7) is 3.38. The number of anilines is 2.